The first-order valence-corrected chi connectivity index (χ1v) is 10.3. The summed E-state index contributed by atoms with van der Waals surface area (Å²) in [5.74, 6) is 0.686. The molecule has 1 fully saturated rings. The van der Waals surface area contributed by atoms with Gasteiger partial charge in [-0.2, -0.15) is 15.5 Å². The van der Waals surface area contributed by atoms with Gasteiger partial charge < -0.3 is 4.90 Å². The predicted octanol–water partition coefficient (Wildman–Crippen LogP) is 3.53. The zero-order chi connectivity index (χ0) is 21.2. The largest absolute Gasteiger partial charge is 0.310 e. The molecule has 0 atom stereocenters. The summed E-state index contributed by atoms with van der Waals surface area (Å²) in [6.07, 6.45) is 15.5. The Morgan fingerprint density at radius 2 is 1.58 bits per heavy atom. The maximum atomic E-state index is 9.02. The molecule has 31 heavy (non-hydrogen) atoms. The number of hydrogen-bond donors (Lipinski definition) is 0. The molecule has 1 aliphatic rings. The van der Waals surface area contributed by atoms with Gasteiger partial charge in [0.2, 0.25) is 0 Å². The van der Waals surface area contributed by atoms with E-state index in [4.69, 9.17) is 5.26 Å². The zero-order valence-corrected chi connectivity index (χ0v) is 17.3. The Morgan fingerprint density at radius 3 is 2.29 bits per heavy atom. The topological polar surface area (TPSA) is 88.5 Å². The van der Waals surface area contributed by atoms with Gasteiger partial charge in [0.25, 0.3) is 0 Å². The quantitative estimate of drug-likeness (QED) is 0.478. The minimum Gasteiger partial charge on any atom is -0.310 e. The van der Waals surface area contributed by atoms with E-state index >= 15 is 0 Å². The molecule has 5 rings (SSSR count). The van der Waals surface area contributed by atoms with E-state index in [9.17, 15) is 0 Å². The first-order chi connectivity index (χ1) is 15.2. The highest BCUT2D eigenvalue weighted by Gasteiger charge is 2.20. The third-order valence-corrected chi connectivity index (χ3v) is 5.73. The summed E-state index contributed by atoms with van der Waals surface area (Å²) in [5.41, 5.74) is 5.05. The summed E-state index contributed by atoms with van der Waals surface area (Å²) in [4.78, 5) is 11.0. The van der Waals surface area contributed by atoms with Crippen LogP contribution in [-0.4, -0.2) is 47.5 Å². The molecule has 1 aromatic carbocycles. The molecule has 1 aliphatic heterocycles. The van der Waals surface area contributed by atoms with Crippen molar-refractivity contribution < 1.29 is 0 Å². The van der Waals surface area contributed by atoms with E-state index in [1.165, 1.54) is 0 Å². The third kappa shape index (κ3) is 3.90. The van der Waals surface area contributed by atoms with Gasteiger partial charge in [-0.1, -0.05) is 18.2 Å². The van der Waals surface area contributed by atoms with Crippen LogP contribution in [-0.2, 0) is 7.05 Å². The number of aryl methyl sites for hydroxylation is 1. The lowest BCUT2D eigenvalue weighted by Crippen LogP contribution is -2.31. The lowest BCUT2D eigenvalue weighted by Gasteiger charge is -2.28. The van der Waals surface area contributed by atoms with Gasteiger partial charge >= 0.3 is 0 Å². The highest BCUT2D eigenvalue weighted by atomic mass is 15.3. The van der Waals surface area contributed by atoms with Crippen molar-refractivity contribution in [2.45, 2.75) is 18.9 Å². The standard InChI is InChI=1S/C23H22N8/c1-29-14-20(12-27-29)17-3-2-4-18(9-17)23-25-10-19(11-26-23)21-13-28-31(15-21)22-5-7-30(16-24)8-6-22/h2-4,9-15,22H,5-8H2,1H3. The molecular weight excluding hydrogens is 388 g/mol. The molecule has 0 bridgehead atoms. The van der Waals surface area contributed by atoms with Crippen LogP contribution in [0, 0.1) is 11.5 Å². The molecular formula is C23H22N8. The zero-order valence-electron chi connectivity index (χ0n) is 17.3. The molecule has 4 aromatic rings. The molecule has 0 spiro atoms. The van der Waals surface area contributed by atoms with Crippen LogP contribution in [0.2, 0.25) is 0 Å². The SMILES string of the molecule is Cn1cc(-c2cccc(-c3ncc(-c4cnn(C5CCN(C#N)CC5)c4)cn3)c2)cn1. The lowest BCUT2D eigenvalue weighted by molar-refractivity contribution is 0.241. The Kier molecular flexibility index (Phi) is 4.92. The Hall–Kier alpha value is -3.99. The number of piperidine rings is 1. The Bertz CT molecular complexity index is 1220. The monoisotopic (exact) mass is 410 g/mol. The van der Waals surface area contributed by atoms with Crippen molar-refractivity contribution in [3.63, 3.8) is 0 Å². The van der Waals surface area contributed by atoms with E-state index in [0.717, 1.165) is 53.7 Å². The van der Waals surface area contributed by atoms with Crippen molar-refractivity contribution in [2.75, 3.05) is 13.1 Å². The summed E-state index contributed by atoms with van der Waals surface area (Å²) in [7, 11) is 1.91. The number of hydrogen-bond acceptors (Lipinski definition) is 6. The molecule has 0 saturated carbocycles. The number of nitriles is 1. The van der Waals surface area contributed by atoms with E-state index < -0.39 is 0 Å². The van der Waals surface area contributed by atoms with Crippen LogP contribution < -0.4 is 0 Å². The molecule has 8 heteroatoms. The number of aromatic nitrogens is 6. The van der Waals surface area contributed by atoms with Crippen LogP contribution in [0.15, 0.2) is 61.4 Å². The minimum atomic E-state index is 0.328. The predicted molar refractivity (Wildman–Crippen MR) is 116 cm³/mol. The van der Waals surface area contributed by atoms with Crippen molar-refractivity contribution in [3.8, 4) is 39.8 Å². The maximum absolute atomic E-state index is 9.02. The van der Waals surface area contributed by atoms with E-state index in [1.54, 1.807) is 9.58 Å². The third-order valence-electron chi connectivity index (χ3n) is 5.73. The molecule has 0 N–H and O–H groups in total. The fourth-order valence-electron chi connectivity index (χ4n) is 3.95. The van der Waals surface area contributed by atoms with Gasteiger partial charge in [0, 0.05) is 67.2 Å². The van der Waals surface area contributed by atoms with Crippen LogP contribution in [0.1, 0.15) is 18.9 Å². The van der Waals surface area contributed by atoms with Crippen LogP contribution in [0.3, 0.4) is 0 Å². The van der Waals surface area contributed by atoms with Gasteiger partial charge in [0.1, 0.15) is 0 Å². The minimum absolute atomic E-state index is 0.328. The normalized spacial score (nSPS) is 14.5. The molecule has 0 aliphatic carbocycles. The van der Waals surface area contributed by atoms with E-state index in [1.807, 2.05) is 61.0 Å². The van der Waals surface area contributed by atoms with Gasteiger partial charge in [-0.25, -0.2) is 9.97 Å². The average molecular weight is 410 g/mol. The molecule has 8 nitrogen and oxygen atoms in total. The number of rotatable bonds is 4. The summed E-state index contributed by atoms with van der Waals surface area (Å²) in [6.45, 7) is 1.57. The molecule has 4 heterocycles. The van der Waals surface area contributed by atoms with Crippen LogP contribution >= 0.6 is 0 Å². The summed E-state index contributed by atoms with van der Waals surface area (Å²) in [6, 6.07) is 8.49. The maximum Gasteiger partial charge on any atom is 0.179 e. The molecule has 154 valence electrons. The van der Waals surface area contributed by atoms with Crippen molar-refractivity contribution >= 4 is 0 Å². The second-order valence-corrected chi connectivity index (χ2v) is 7.81. The second-order valence-electron chi connectivity index (χ2n) is 7.81. The van der Waals surface area contributed by atoms with E-state index in [-0.39, 0.29) is 0 Å². The van der Waals surface area contributed by atoms with Crippen molar-refractivity contribution in [2.24, 2.45) is 7.05 Å². The fraction of sp³-hybridized carbons (Fsp3) is 0.261. The summed E-state index contributed by atoms with van der Waals surface area (Å²) in [5, 5.41) is 17.8. The highest BCUT2D eigenvalue weighted by Crippen LogP contribution is 2.27. The fourth-order valence-corrected chi connectivity index (χ4v) is 3.95. The lowest BCUT2D eigenvalue weighted by atomic mass is 10.1. The Balaban J connectivity index is 1.33. The summed E-state index contributed by atoms with van der Waals surface area (Å²) >= 11 is 0. The first kappa shape index (κ1) is 19.0. The Morgan fingerprint density at radius 1 is 0.871 bits per heavy atom. The number of nitrogens with zero attached hydrogens (tertiary/aromatic N) is 8. The molecule has 1 saturated heterocycles. The number of likely N-dealkylation sites (tertiary alicyclic amines) is 1. The van der Waals surface area contributed by atoms with Crippen LogP contribution in [0.4, 0.5) is 0 Å². The second kappa shape index (κ2) is 8.03. The van der Waals surface area contributed by atoms with Gasteiger partial charge in [-0.05, 0) is 24.5 Å². The van der Waals surface area contributed by atoms with Crippen LogP contribution in [0.5, 0.6) is 0 Å². The average Bonchev–Trinajstić information content (AvgIpc) is 3.49. The van der Waals surface area contributed by atoms with E-state index in [2.05, 4.69) is 38.5 Å². The highest BCUT2D eigenvalue weighted by molar-refractivity contribution is 5.70. The molecule has 0 radical (unpaired) electrons. The molecule has 3 aromatic heterocycles. The Labute approximate surface area is 180 Å². The smallest absolute Gasteiger partial charge is 0.179 e. The van der Waals surface area contributed by atoms with Gasteiger partial charge in [-0.15, -0.1) is 0 Å². The van der Waals surface area contributed by atoms with E-state index in [0.29, 0.717) is 11.9 Å². The van der Waals surface area contributed by atoms with Gasteiger partial charge in [-0.3, -0.25) is 9.36 Å². The first-order valence-electron chi connectivity index (χ1n) is 10.3. The van der Waals surface area contributed by atoms with Gasteiger partial charge in [0.15, 0.2) is 12.0 Å². The van der Waals surface area contributed by atoms with Crippen molar-refractivity contribution in [1.82, 2.24) is 34.4 Å². The van der Waals surface area contributed by atoms with Crippen molar-refractivity contribution in [3.05, 3.63) is 61.4 Å². The van der Waals surface area contributed by atoms with Crippen molar-refractivity contribution in [1.29, 1.82) is 5.26 Å². The molecule has 0 unspecified atom stereocenters. The van der Waals surface area contributed by atoms with Gasteiger partial charge in [0.05, 0.1) is 18.4 Å². The number of benzene rings is 1. The van der Waals surface area contributed by atoms with Crippen LogP contribution in [0.25, 0.3) is 33.6 Å². The summed E-state index contributed by atoms with van der Waals surface area (Å²) < 4.78 is 3.80. The molecule has 0 amide bonds.